The Kier molecular flexibility index (Phi) is 4.71. The summed E-state index contributed by atoms with van der Waals surface area (Å²) in [5.74, 6) is 0. The van der Waals surface area contributed by atoms with Gasteiger partial charge in [-0.2, -0.15) is 0 Å². The highest BCUT2D eigenvalue weighted by atomic mass is 16.6. The highest BCUT2D eigenvalue weighted by Gasteiger charge is 2.46. The molecule has 2 aliphatic rings. The Morgan fingerprint density at radius 1 is 1.11 bits per heavy atom. The molecule has 4 rings (SSSR count). The van der Waals surface area contributed by atoms with E-state index in [1.807, 2.05) is 36.4 Å². The minimum atomic E-state index is -0.437. The van der Waals surface area contributed by atoms with Gasteiger partial charge in [-0.15, -0.1) is 0 Å². The van der Waals surface area contributed by atoms with Crippen LogP contribution >= 0.6 is 0 Å². The molecule has 0 saturated carbocycles. The lowest BCUT2D eigenvalue weighted by Gasteiger charge is -2.37. The van der Waals surface area contributed by atoms with Crippen molar-refractivity contribution in [2.75, 3.05) is 32.0 Å². The molecule has 0 atom stereocenters. The quantitative estimate of drug-likeness (QED) is 0.854. The Labute approximate surface area is 165 Å². The largest absolute Gasteiger partial charge is 0.441 e. The SMILES string of the molecule is Cc1ccccc1-c1cccc(NC(=O)N2CCC3(CC2)CN(C)C(=O)O3)c1. The first-order chi connectivity index (χ1) is 13.5. The van der Waals surface area contributed by atoms with Crippen LogP contribution in [0.1, 0.15) is 18.4 Å². The molecule has 28 heavy (non-hydrogen) atoms. The van der Waals surface area contributed by atoms with Crippen LogP contribution in [0.4, 0.5) is 15.3 Å². The second-order valence-corrected chi connectivity index (χ2v) is 7.72. The van der Waals surface area contributed by atoms with Crippen molar-refractivity contribution in [3.05, 3.63) is 54.1 Å². The van der Waals surface area contributed by atoms with E-state index in [0.29, 0.717) is 32.5 Å². The molecule has 3 amide bonds. The van der Waals surface area contributed by atoms with Gasteiger partial charge in [0.25, 0.3) is 0 Å². The number of ether oxygens (including phenoxy) is 1. The molecule has 146 valence electrons. The second kappa shape index (κ2) is 7.19. The van der Waals surface area contributed by atoms with Crippen LogP contribution in [0, 0.1) is 6.92 Å². The van der Waals surface area contributed by atoms with Crippen LogP contribution in [0.2, 0.25) is 0 Å². The number of hydrogen-bond donors (Lipinski definition) is 1. The van der Waals surface area contributed by atoms with E-state index in [4.69, 9.17) is 4.74 Å². The van der Waals surface area contributed by atoms with Crippen molar-refractivity contribution in [2.24, 2.45) is 0 Å². The van der Waals surface area contributed by atoms with Crippen LogP contribution in [0.5, 0.6) is 0 Å². The Balaban J connectivity index is 1.40. The highest BCUT2D eigenvalue weighted by Crippen LogP contribution is 2.33. The molecular weight excluding hydrogens is 354 g/mol. The summed E-state index contributed by atoms with van der Waals surface area (Å²) in [6, 6.07) is 16.0. The van der Waals surface area contributed by atoms with E-state index in [1.54, 1.807) is 16.8 Å². The molecule has 1 N–H and O–H groups in total. The Bertz CT molecular complexity index is 903. The molecule has 2 saturated heterocycles. The monoisotopic (exact) mass is 379 g/mol. The first-order valence-electron chi connectivity index (χ1n) is 9.62. The molecule has 0 aliphatic carbocycles. The molecule has 2 aromatic rings. The standard InChI is InChI=1S/C22H25N3O3/c1-16-6-3-4-9-19(16)17-7-5-8-18(14-17)23-20(26)25-12-10-22(11-13-25)15-24(2)21(27)28-22/h3-9,14H,10-13,15H2,1-2H3,(H,23,26). The lowest BCUT2D eigenvalue weighted by Crippen LogP contribution is -2.49. The summed E-state index contributed by atoms with van der Waals surface area (Å²) < 4.78 is 5.55. The lowest BCUT2D eigenvalue weighted by atomic mass is 9.91. The summed E-state index contributed by atoms with van der Waals surface area (Å²) in [5, 5.41) is 3.01. The fourth-order valence-corrected chi connectivity index (χ4v) is 4.03. The molecule has 2 heterocycles. The molecule has 0 bridgehead atoms. The number of benzene rings is 2. The molecule has 6 nitrogen and oxygen atoms in total. The maximum atomic E-state index is 12.7. The molecule has 0 radical (unpaired) electrons. The minimum absolute atomic E-state index is 0.116. The molecule has 0 aromatic heterocycles. The van der Waals surface area contributed by atoms with Crippen LogP contribution in [0.3, 0.4) is 0 Å². The minimum Gasteiger partial charge on any atom is -0.441 e. The average Bonchev–Trinajstić information content (AvgIpc) is 2.96. The summed E-state index contributed by atoms with van der Waals surface area (Å²) in [5.41, 5.74) is 3.77. The van der Waals surface area contributed by atoms with Crippen molar-refractivity contribution in [2.45, 2.75) is 25.4 Å². The first-order valence-corrected chi connectivity index (χ1v) is 9.62. The number of carbonyl (C=O) groups is 2. The Hall–Kier alpha value is -3.02. The number of carbonyl (C=O) groups excluding carboxylic acids is 2. The van der Waals surface area contributed by atoms with E-state index in [2.05, 4.69) is 24.4 Å². The maximum absolute atomic E-state index is 12.7. The summed E-state index contributed by atoms with van der Waals surface area (Å²) >= 11 is 0. The van der Waals surface area contributed by atoms with Crippen LogP contribution in [-0.2, 0) is 4.74 Å². The zero-order chi connectivity index (χ0) is 19.7. The van der Waals surface area contributed by atoms with E-state index in [-0.39, 0.29) is 12.1 Å². The zero-order valence-corrected chi connectivity index (χ0v) is 16.3. The number of rotatable bonds is 2. The molecule has 2 fully saturated rings. The number of nitrogens with zero attached hydrogens (tertiary/aromatic N) is 2. The van der Waals surface area contributed by atoms with E-state index >= 15 is 0 Å². The third-order valence-corrected chi connectivity index (χ3v) is 5.67. The van der Waals surface area contributed by atoms with E-state index < -0.39 is 5.60 Å². The predicted molar refractivity (Wildman–Crippen MR) is 108 cm³/mol. The molecule has 1 spiro atoms. The number of aryl methyl sites for hydroxylation is 1. The maximum Gasteiger partial charge on any atom is 0.410 e. The third kappa shape index (κ3) is 3.54. The number of likely N-dealkylation sites (N-methyl/N-ethyl adjacent to an activating group) is 1. The van der Waals surface area contributed by atoms with E-state index in [0.717, 1.165) is 16.8 Å². The lowest BCUT2D eigenvalue weighted by molar-refractivity contribution is 0.0109. The molecule has 2 aliphatic heterocycles. The van der Waals surface area contributed by atoms with Gasteiger partial charge in [-0.05, 0) is 35.7 Å². The van der Waals surface area contributed by atoms with Crippen molar-refractivity contribution in [3.8, 4) is 11.1 Å². The van der Waals surface area contributed by atoms with Gasteiger partial charge in [0.2, 0.25) is 0 Å². The van der Waals surface area contributed by atoms with Gasteiger partial charge in [-0.1, -0.05) is 36.4 Å². The van der Waals surface area contributed by atoms with Gasteiger partial charge in [-0.25, -0.2) is 9.59 Å². The molecule has 6 heteroatoms. The smallest absolute Gasteiger partial charge is 0.410 e. The van der Waals surface area contributed by atoms with Crippen molar-refractivity contribution >= 4 is 17.8 Å². The van der Waals surface area contributed by atoms with E-state index in [9.17, 15) is 9.59 Å². The van der Waals surface area contributed by atoms with Crippen molar-refractivity contribution in [1.82, 2.24) is 9.80 Å². The number of piperidine rings is 1. The normalized spacial score (nSPS) is 18.3. The van der Waals surface area contributed by atoms with Gasteiger partial charge < -0.3 is 19.9 Å². The summed E-state index contributed by atoms with van der Waals surface area (Å²) in [6.45, 7) is 3.83. The van der Waals surface area contributed by atoms with Crippen LogP contribution < -0.4 is 5.32 Å². The zero-order valence-electron chi connectivity index (χ0n) is 16.3. The van der Waals surface area contributed by atoms with Crippen molar-refractivity contribution in [1.29, 1.82) is 0 Å². The van der Waals surface area contributed by atoms with Crippen molar-refractivity contribution in [3.63, 3.8) is 0 Å². The molecule has 2 aromatic carbocycles. The number of amides is 3. The number of nitrogens with one attached hydrogen (secondary N) is 1. The van der Waals surface area contributed by atoms with Gasteiger partial charge in [0.05, 0.1) is 6.54 Å². The number of anilines is 1. The summed E-state index contributed by atoms with van der Waals surface area (Å²) in [7, 11) is 1.75. The number of hydrogen-bond acceptors (Lipinski definition) is 3. The average molecular weight is 379 g/mol. The van der Waals surface area contributed by atoms with Gasteiger partial charge in [0, 0.05) is 38.7 Å². The van der Waals surface area contributed by atoms with Crippen molar-refractivity contribution < 1.29 is 14.3 Å². The Morgan fingerprint density at radius 3 is 2.54 bits per heavy atom. The fourth-order valence-electron chi connectivity index (χ4n) is 4.03. The highest BCUT2D eigenvalue weighted by molar-refractivity contribution is 5.90. The second-order valence-electron chi connectivity index (χ2n) is 7.72. The molecular formula is C22H25N3O3. The fraction of sp³-hybridized carbons (Fsp3) is 0.364. The topological polar surface area (TPSA) is 61.9 Å². The molecule has 0 unspecified atom stereocenters. The number of urea groups is 1. The number of likely N-dealkylation sites (tertiary alicyclic amines) is 1. The van der Waals surface area contributed by atoms with Crippen LogP contribution in [0.25, 0.3) is 11.1 Å². The van der Waals surface area contributed by atoms with Gasteiger partial charge in [0.1, 0.15) is 5.60 Å². The first kappa shape index (κ1) is 18.3. The van der Waals surface area contributed by atoms with Crippen LogP contribution in [0.15, 0.2) is 48.5 Å². The third-order valence-electron chi connectivity index (χ3n) is 5.67. The van der Waals surface area contributed by atoms with Gasteiger partial charge in [-0.3, -0.25) is 0 Å². The summed E-state index contributed by atoms with van der Waals surface area (Å²) in [4.78, 5) is 27.8. The Morgan fingerprint density at radius 2 is 1.86 bits per heavy atom. The van der Waals surface area contributed by atoms with Gasteiger partial charge in [0.15, 0.2) is 0 Å². The van der Waals surface area contributed by atoms with E-state index in [1.165, 1.54) is 5.56 Å². The van der Waals surface area contributed by atoms with Gasteiger partial charge >= 0.3 is 12.1 Å². The summed E-state index contributed by atoms with van der Waals surface area (Å²) in [6.07, 6.45) is 1.06. The predicted octanol–water partition coefficient (Wildman–Crippen LogP) is 4.11. The van der Waals surface area contributed by atoms with Crippen LogP contribution in [-0.4, -0.2) is 54.2 Å².